The Morgan fingerprint density at radius 3 is 2.44 bits per heavy atom. The number of ether oxygens (including phenoxy) is 2. The molecule has 0 unspecified atom stereocenters. The van der Waals surface area contributed by atoms with Crippen molar-refractivity contribution in [1.29, 1.82) is 0 Å². The maximum atomic E-state index is 12.1. The molecule has 0 aliphatic carbocycles. The summed E-state index contributed by atoms with van der Waals surface area (Å²) in [5, 5.41) is 5.80. The van der Waals surface area contributed by atoms with E-state index in [0.29, 0.717) is 23.0 Å². The highest BCUT2D eigenvalue weighted by Crippen LogP contribution is 2.24. The minimum Gasteiger partial charge on any atom is -0.479 e. The summed E-state index contributed by atoms with van der Waals surface area (Å²) in [6.07, 6.45) is -1.22. The fourth-order valence-corrected chi connectivity index (χ4v) is 2.17. The lowest BCUT2D eigenvalue weighted by Gasteiger charge is -2.15. The monoisotopic (exact) mass is 362 g/mol. The molecule has 1 atom stereocenters. The number of para-hydroxylation sites is 1. The fraction of sp³-hybridized carbons (Fsp3) is 0.222. The Balaban J connectivity index is 1.84. The van der Waals surface area contributed by atoms with Gasteiger partial charge in [0.2, 0.25) is 0 Å². The first kappa shape index (κ1) is 18.6. The number of hydrogen-bond acceptors (Lipinski definition) is 4. The second-order valence-electron chi connectivity index (χ2n) is 5.22. The summed E-state index contributed by atoms with van der Waals surface area (Å²) < 4.78 is 10.1. The van der Waals surface area contributed by atoms with Gasteiger partial charge in [-0.1, -0.05) is 35.9 Å². The van der Waals surface area contributed by atoms with Gasteiger partial charge in [0.05, 0.1) is 12.1 Å². The second-order valence-corrected chi connectivity index (χ2v) is 5.63. The molecule has 0 heterocycles. The van der Waals surface area contributed by atoms with Crippen molar-refractivity contribution in [2.75, 3.05) is 12.4 Å². The molecule has 2 amide bonds. The minimum atomic E-state index is -0.680. The quantitative estimate of drug-likeness (QED) is 0.823. The third kappa shape index (κ3) is 5.69. The lowest BCUT2D eigenvalue weighted by molar-refractivity contribution is -0.127. The molecule has 2 aromatic rings. The van der Waals surface area contributed by atoms with E-state index in [2.05, 4.69) is 15.4 Å². The van der Waals surface area contributed by atoms with E-state index in [9.17, 15) is 9.59 Å². The Labute approximate surface area is 151 Å². The second kappa shape index (κ2) is 8.94. The van der Waals surface area contributed by atoms with Crippen molar-refractivity contribution in [3.8, 4) is 5.75 Å². The molecule has 0 bridgehead atoms. The van der Waals surface area contributed by atoms with Gasteiger partial charge in [-0.3, -0.25) is 10.1 Å². The topological polar surface area (TPSA) is 76.7 Å². The van der Waals surface area contributed by atoms with Crippen molar-refractivity contribution < 1.29 is 19.1 Å². The van der Waals surface area contributed by atoms with Gasteiger partial charge in [0, 0.05) is 12.2 Å². The Morgan fingerprint density at radius 2 is 1.80 bits per heavy atom. The molecule has 2 N–H and O–H groups in total. The van der Waals surface area contributed by atoms with Crippen LogP contribution < -0.4 is 15.4 Å². The smallest absolute Gasteiger partial charge is 0.411 e. The van der Waals surface area contributed by atoms with Gasteiger partial charge >= 0.3 is 6.09 Å². The van der Waals surface area contributed by atoms with Crippen LogP contribution in [0.5, 0.6) is 5.75 Å². The summed E-state index contributed by atoms with van der Waals surface area (Å²) in [6, 6.07) is 14.0. The molecule has 0 saturated heterocycles. The Morgan fingerprint density at radius 1 is 1.12 bits per heavy atom. The van der Waals surface area contributed by atoms with Crippen molar-refractivity contribution in [3.05, 3.63) is 59.1 Å². The number of amides is 2. The van der Waals surface area contributed by atoms with Crippen LogP contribution in [0.1, 0.15) is 12.5 Å². The van der Waals surface area contributed by atoms with E-state index >= 15 is 0 Å². The molecule has 0 radical (unpaired) electrons. The molecular formula is C18H19ClN2O4. The van der Waals surface area contributed by atoms with Crippen molar-refractivity contribution >= 4 is 29.3 Å². The molecule has 25 heavy (non-hydrogen) atoms. The van der Waals surface area contributed by atoms with Crippen molar-refractivity contribution in [2.45, 2.75) is 19.6 Å². The van der Waals surface area contributed by atoms with E-state index in [-0.39, 0.29) is 5.91 Å². The van der Waals surface area contributed by atoms with Gasteiger partial charge in [-0.05, 0) is 36.8 Å². The highest BCUT2D eigenvalue weighted by Gasteiger charge is 2.15. The maximum Gasteiger partial charge on any atom is 0.411 e. The van der Waals surface area contributed by atoms with E-state index in [4.69, 9.17) is 16.3 Å². The normalized spacial score (nSPS) is 11.3. The number of methoxy groups -OCH3 is 1. The van der Waals surface area contributed by atoms with Crippen molar-refractivity contribution in [1.82, 2.24) is 5.32 Å². The summed E-state index contributed by atoms with van der Waals surface area (Å²) in [7, 11) is 1.30. The molecule has 0 saturated carbocycles. The van der Waals surface area contributed by atoms with Crippen LogP contribution in [-0.4, -0.2) is 25.2 Å². The average molecular weight is 363 g/mol. The first-order chi connectivity index (χ1) is 12.0. The summed E-state index contributed by atoms with van der Waals surface area (Å²) in [5.74, 6) is 0.210. The Bertz CT molecular complexity index is 734. The highest BCUT2D eigenvalue weighted by molar-refractivity contribution is 6.32. The summed E-state index contributed by atoms with van der Waals surface area (Å²) >= 11 is 6.01. The van der Waals surface area contributed by atoms with Crippen LogP contribution in [0.4, 0.5) is 10.5 Å². The van der Waals surface area contributed by atoms with Crippen LogP contribution in [0.3, 0.4) is 0 Å². The third-order valence-electron chi connectivity index (χ3n) is 3.36. The molecule has 0 spiro atoms. The fourth-order valence-electron chi connectivity index (χ4n) is 1.99. The van der Waals surface area contributed by atoms with Gasteiger partial charge in [-0.25, -0.2) is 4.79 Å². The van der Waals surface area contributed by atoms with Crippen molar-refractivity contribution in [3.63, 3.8) is 0 Å². The molecule has 0 aromatic heterocycles. The first-order valence-corrected chi connectivity index (χ1v) is 8.00. The largest absolute Gasteiger partial charge is 0.479 e. The van der Waals surface area contributed by atoms with Gasteiger partial charge in [-0.15, -0.1) is 0 Å². The van der Waals surface area contributed by atoms with Crippen LogP contribution in [0.15, 0.2) is 48.5 Å². The number of nitrogens with one attached hydrogen (secondary N) is 2. The van der Waals surface area contributed by atoms with Crippen LogP contribution in [0, 0.1) is 0 Å². The van der Waals surface area contributed by atoms with Crippen LogP contribution in [0.25, 0.3) is 0 Å². The van der Waals surface area contributed by atoms with Crippen molar-refractivity contribution in [2.24, 2.45) is 0 Å². The molecule has 6 nitrogen and oxygen atoms in total. The summed E-state index contributed by atoms with van der Waals surface area (Å²) in [6.45, 7) is 2.00. The Hall–Kier alpha value is -2.73. The SMILES string of the molecule is COC(=O)Nc1ccc(CNC(=O)[C@@H](C)Oc2ccccc2Cl)cc1. The number of hydrogen-bond donors (Lipinski definition) is 2. The highest BCUT2D eigenvalue weighted by atomic mass is 35.5. The zero-order valence-corrected chi connectivity index (χ0v) is 14.7. The molecule has 0 aliphatic heterocycles. The maximum absolute atomic E-state index is 12.1. The van der Waals surface area contributed by atoms with Gasteiger partial charge in [0.1, 0.15) is 5.75 Å². The molecule has 2 aromatic carbocycles. The predicted octanol–water partition coefficient (Wildman–Crippen LogP) is 3.60. The van der Waals surface area contributed by atoms with Gasteiger partial charge in [0.15, 0.2) is 6.10 Å². The number of rotatable bonds is 6. The predicted molar refractivity (Wildman–Crippen MR) is 95.9 cm³/mol. The van der Waals surface area contributed by atoms with E-state index in [0.717, 1.165) is 5.56 Å². The number of carbonyl (C=O) groups excluding carboxylic acids is 2. The van der Waals surface area contributed by atoms with E-state index in [1.807, 2.05) is 0 Å². The van der Waals surface area contributed by atoms with E-state index < -0.39 is 12.2 Å². The number of carbonyl (C=O) groups is 2. The third-order valence-corrected chi connectivity index (χ3v) is 3.67. The summed E-state index contributed by atoms with van der Waals surface area (Å²) in [5.41, 5.74) is 1.49. The number of halogens is 1. The Kier molecular flexibility index (Phi) is 6.65. The van der Waals surface area contributed by atoms with Crippen LogP contribution in [-0.2, 0) is 16.1 Å². The van der Waals surface area contributed by atoms with Gasteiger partial charge in [-0.2, -0.15) is 0 Å². The van der Waals surface area contributed by atoms with E-state index in [1.54, 1.807) is 55.5 Å². The minimum absolute atomic E-state index is 0.253. The van der Waals surface area contributed by atoms with Gasteiger partial charge in [0.25, 0.3) is 5.91 Å². The average Bonchev–Trinajstić information content (AvgIpc) is 2.62. The molecule has 0 aliphatic rings. The molecule has 132 valence electrons. The lowest BCUT2D eigenvalue weighted by atomic mass is 10.2. The number of benzene rings is 2. The lowest BCUT2D eigenvalue weighted by Crippen LogP contribution is -2.35. The number of anilines is 1. The van der Waals surface area contributed by atoms with Gasteiger partial charge < -0.3 is 14.8 Å². The molecule has 7 heteroatoms. The zero-order chi connectivity index (χ0) is 18.2. The molecule has 2 rings (SSSR count). The standard InChI is InChI=1S/C18H19ClN2O4/c1-12(25-16-6-4-3-5-15(16)19)17(22)20-11-13-7-9-14(10-8-13)21-18(23)24-2/h3-10,12H,11H2,1-2H3,(H,20,22)(H,21,23)/t12-/m1/s1. The van der Waals surface area contributed by atoms with Crippen LogP contribution >= 0.6 is 11.6 Å². The van der Waals surface area contributed by atoms with Crippen LogP contribution in [0.2, 0.25) is 5.02 Å². The first-order valence-electron chi connectivity index (χ1n) is 7.62. The zero-order valence-electron chi connectivity index (χ0n) is 13.9. The van der Waals surface area contributed by atoms with E-state index in [1.165, 1.54) is 7.11 Å². The molecule has 0 fully saturated rings. The molecular weight excluding hydrogens is 344 g/mol. The summed E-state index contributed by atoms with van der Waals surface area (Å²) in [4.78, 5) is 23.2.